The Hall–Kier alpha value is -1.12. The number of benzene rings is 4. The standard InChI is InChI=1S/C18H12Br2/c1-9-7-10(2)13-5-6-14-16-11(8-15(19)18(14)20)3-4-12(9)17(13)16/h3-8H,1-2H3. The van der Waals surface area contributed by atoms with Crippen LogP contribution in [0.2, 0.25) is 0 Å². The van der Waals surface area contributed by atoms with Crippen molar-refractivity contribution in [2.75, 3.05) is 0 Å². The zero-order valence-electron chi connectivity index (χ0n) is 11.2. The number of aryl methyl sites for hydroxylation is 2. The Kier molecular flexibility index (Phi) is 2.64. The molecule has 0 heterocycles. The van der Waals surface area contributed by atoms with Crippen LogP contribution in [0.15, 0.2) is 45.3 Å². The number of hydrogen-bond donors (Lipinski definition) is 0. The van der Waals surface area contributed by atoms with Gasteiger partial charge in [-0.05, 0) is 95.2 Å². The molecule has 0 N–H and O–H groups in total. The molecule has 20 heavy (non-hydrogen) atoms. The molecule has 4 aromatic rings. The van der Waals surface area contributed by atoms with Crippen LogP contribution in [0.4, 0.5) is 0 Å². The predicted molar refractivity (Wildman–Crippen MR) is 95.0 cm³/mol. The van der Waals surface area contributed by atoms with Crippen molar-refractivity contribution in [3.05, 3.63) is 56.5 Å². The van der Waals surface area contributed by atoms with Gasteiger partial charge in [-0.15, -0.1) is 0 Å². The van der Waals surface area contributed by atoms with E-state index in [1.165, 1.54) is 43.4 Å². The van der Waals surface area contributed by atoms with Gasteiger partial charge in [0.1, 0.15) is 0 Å². The molecule has 0 saturated heterocycles. The smallest absolute Gasteiger partial charge is 0.0396 e. The van der Waals surface area contributed by atoms with Gasteiger partial charge >= 0.3 is 0 Å². The van der Waals surface area contributed by atoms with Gasteiger partial charge in [-0.3, -0.25) is 0 Å². The van der Waals surface area contributed by atoms with Crippen LogP contribution in [0, 0.1) is 13.8 Å². The third-order valence-electron chi connectivity index (χ3n) is 4.20. The Morgan fingerprint density at radius 1 is 0.700 bits per heavy atom. The number of hydrogen-bond acceptors (Lipinski definition) is 0. The SMILES string of the molecule is Cc1cc(C)c2ccc3c(Br)c(Br)cc4ccc1c2c43. The summed E-state index contributed by atoms with van der Waals surface area (Å²) >= 11 is 7.36. The number of rotatable bonds is 0. The molecule has 0 bridgehead atoms. The highest BCUT2D eigenvalue weighted by Crippen LogP contribution is 2.42. The van der Waals surface area contributed by atoms with E-state index in [1.807, 2.05) is 0 Å². The van der Waals surface area contributed by atoms with E-state index >= 15 is 0 Å². The molecule has 0 nitrogen and oxygen atoms in total. The van der Waals surface area contributed by atoms with Crippen LogP contribution in [0.5, 0.6) is 0 Å². The largest absolute Gasteiger partial charge is 0.0551 e. The third-order valence-corrected chi connectivity index (χ3v) is 6.22. The van der Waals surface area contributed by atoms with E-state index in [4.69, 9.17) is 0 Å². The lowest BCUT2D eigenvalue weighted by molar-refractivity contribution is 1.46. The lowest BCUT2D eigenvalue weighted by atomic mass is 9.90. The Morgan fingerprint density at radius 3 is 2.00 bits per heavy atom. The second kappa shape index (κ2) is 4.19. The Balaban J connectivity index is 2.45. The van der Waals surface area contributed by atoms with Crippen LogP contribution in [0.25, 0.3) is 32.3 Å². The molecule has 4 aromatic carbocycles. The molecule has 0 aliphatic heterocycles. The highest BCUT2D eigenvalue weighted by Gasteiger charge is 2.14. The first-order valence-electron chi connectivity index (χ1n) is 6.60. The Bertz CT molecular complexity index is 962. The minimum atomic E-state index is 1.11. The van der Waals surface area contributed by atoms with Crippen molar-refractivity contribution in [2.45, 2.75) is 13.8 Å². The van der Waals surface area contributed by atoms with Crippen LogP contribution < -0.4 is 0 Å². The lowest BCUT2D eigenvalue weighted by Crippen LogP contribution is -1.90. The summed E-state index contributed by atoms with van der Waals surface area (Å²) < 4.78 is 2.25. The topological polar surface area (TPSA) is 0 Å². The minimum absolute atomic E-state index is 1.11. The van der Waals surface area contributed by atoms with Crippen molar-refractivity contribution >= 4 is 64.2 Å². The van der Waals surface area contributed by atoms with Crippen LogP contribution in [0.1, 0.15) is 11.1 Å². The molecule has 0 radical (unpaired) electrons. The van der Waals surface area contributed by atoms with Gasteiger partial charge in [0.05, 0.1) is 0 Å². The molecule has 0 aliphatic carbocycles. The zero-order chi connectivity index (χ0) is 14.0. The van der Waals surface area contributed by atoms with Gasteiger partial charge in [-0.2, -0.15) is 0 Å². The first-order chi connectivity index (χ1) is 9.58. The molecule has 0 saturated carbocycles. The summed E-state index contributed by atoms with van der Waals surface area (Å²) in [4.78, 5) is 0. The Labute approximate surface area is 134 Å². The average Bonchev–Trinajstić information content (AvgIpc) is 2.43. The predicted octanol–water partition coefficient (Wildman–Crippen LogP) is 6.73. The molecular weight excluding hydrogens is 376 g/mol. The van der Waals surface area contributed by atoms with Gasteiger partial charge < -0.3 is 0 Å². The fraction of sp³-hybridized carbons (Fsp3) is 0.111. The molecule has 0 fully saturated rings. The fourth-order valence-electron chi connectivity index (χ4n) is 3.29. The summed E-state index contributed by atoms with van der Waals surface area (Å²) in [7, 11) is 0. The summed E-state index contributed by atoms with van der Waals surface area (Å²) in [6.45, 7) is 4.40. The maximum atomic E-state index is 3.72. The first kappa shape index (κ1) is 12.6. The van der Waals surface area contributed by atoms with Gasteiger partial charge in [0.25, 0.3) is 0 Å². The second-order valence-corrected chi connectivity index (χ2v) is 7.08. The van der Waals surface area contributed by atoms with Crippen molar-refractivity contribution < 1.29 is 0 Å². The summed E-state index contributed by atoms with van der Waals surface area (Å²) in [5, 5.41) is 8.04. The normalized spacial score (nSPS) is 12.0. The number of halogens is 2. The van der Waals surface area contributed by atoms with E-state index in [9.17, 15) is 0 Å². The second-order valence-electron chi connectivity index (χ2n) is 5.43. The van der Waals surface area contributed by atoms with Crippen molar-refractivity contribution in [1.82, 2.24) is 0 Å². The van der Waals surface area contributed by atoms with E-state index in [1.54, 1.807) is 0 Å². The van der Waals surface area contributed by atoms with Gasteiger partial charge in [-0.1, -0.05) is 30.3 Å². The molecule has 0 aliphatic rings. The van der Waals surface area contributed by atoms with Crippen molar-refractivity contribution in [1.29, 1.82) is 0 Å². The Morgan fingerprint density at radius 2 is 1.30 bits per heavy atom. The maximum absolute atomic E-state index is 3.72. The van der Waals surface area contributed by atoms with E-state index < -0.39 is 0 Å². The maximum Gasteiger partial charge on any atom is 0.0396 e. The van der Waals surface area contributed by atoms with Gasteiger partial charge in [0, 0.05) is 8.95 Å². The first-order valence-corrected chi connectivity index (χ1v) is 8.19. The van der Waals surface area contributed by atoms with Crippen LogP contribution in [0.3, 0.4) is 0 Å². The molecule has 0 atom stereocenters. The van der Waals surface area contributed by atoms with Gasteiger partial charge in [0.2, 0.25) is 0 Å². The van der Waals surface area contributed by atoms with E-state index in [-0.39, 0.29) is 0 Å². The molecular formula is C18H12Br2. The highest BCUT2D eigenvalue weighted by atomic mass is 79.9. The monoisotopic (exact) mass is 386 g/mol. The average molecular weight is 388 g/mol. The van der Waals surface area contributed by atoms with Gasteiger partial charge in [-0.25, -0.2) is 0 Å². The van der Waals surface area contributed by atoms with E-state index in [2.05, 4.69) is 82.1 Å². The van der Waals surface area contributed by atoms with Crippen molar-refractivity contribution in [2.24, 2.45) is 0 Å². The van der Waals surface area contributed by atoms with Crippen molar-refractivity contribution in [3.63, 3.8) is 0 Å². The summed E-state index contributed by atoms with van der Waals surface area (Å²) in [6.07, 6.45) is 0. The summed E-state index contributed by atoms with van der Waals surface area (Å²) in [5.74, 6) is 0. The quantitative estimate of drug-likeness (QED) is 0.293. The zero-order valence-corrected chi connectivity index (χ0v) is 14.4. The van der Waals surface area contributed by atoms with E-state index in [0.717, 1.165) is 8.95 Å². The summed E-state index contributed by atoms with van der Waals surface area (Å²) in [6, 6.07) is 13.4. The lowest BCUT2D eigenvalue weighted by Gasteiger charge is -2.15. The molecule has 4 rings (SSSR count). The van der Waals surface area contributed by atoms with Crippen LogP contribution in [-0.2, 0) is 0 Å². The molecule has 0 amide bonds. The van der Waals surface area contributed by atoms with Gasteiger partial charge in [0.15, 0.2) is 0 Å². The fourth-order valence-corrected chi connectivity index (χ4v) is 4.20. The third kappa shape index (κ3) is 1.52. The van der Waals surface area contributed by atoms with E-state index in [0.29, 0.717) is 0 Å². The van der Waals surface area contributed by atoms with Crippen molar-refractivity contribution in [3.8, 4) is 0 Å². The molecule has 2 heteroatoms. The van der Waals surface area contributed by atoms with Crippen LogP contribution in [-0.4, -0.2) is 0 Å². The highest BCUT2D eigenvalue weighted by molar-refractivity contribution is 9.13. The molecule has 0 unspecified atom stereocenters. The molecule has 0 spiro atoms. The minimum Gasteiger partial charge on any atom is -0.0551 e. The molecule has 0 aromatic heterocycles. The van der Waals surface area contributed by atoms with Crippen LogP contribution >= 0.6 is 31.9 Å². The summed E-state index contributed by atoms with van der Waals surface area (Å²) in [5.41, 5.74) is 2.70. The molecule has 98 valence electrons.